The molecule has 0 amide bonds. The van der Waals surface area contributed by atoms with Crippen LogP contribution < -0.4 is 5.73 Å². The molecule has 1 aliphatic carbocycles. The van der Waals surface area contributed by atoms with E-state index in [-0.39, 0.29) is 11.6 Å². The first kappa shape index (κ1) is 13.4. The van der Waals surface area contributed by atoms with Gasteiger partial charge in [-0.2, -0.15) is 0 Å². The third kappa shape index (κ3) is 2.42. The van der Waals surface area contributed by atoms with Crippen LogP contribution in [-0.4, -0.2) is 12.2 Å². The smallest absolute Gasteiger partial charge is 0.0686 e. The van der Waals surface area contributed by atoms with Gasteiger partial charge in [0, 0.05) is 17.7 Å². The molecule has 19 heavy (non-hydrogen) atoms. The number of hydrogen-bond donors (Lipinski definition) is 1. The van der Waals surface area contributed by atoms with Crippen molar-refractivity contribution in [3.63, 3.8) is 0 Å². The summed E-state index contributed by atoms with van der Waals surface area (Å²) in [6.07, 6.45) is 5.86. The summed E-state index contributed by atoms with van der Waals surface area (Å²) >= 11 is 6.41. The molecule has 1 aliphatic heterocycles. The molecule has 2 N–H and O–H groups in total. The van der Waals surface area contributed by atoms with Crippen LogP contribution in [0.2, 0.25) is 5.02 Å². The van der Waals surface area contributed by atoms with E-state index in [1.807, 2.05) is 13.0 Å². The summed E-state index contributed by atoms with van der Waals surface area (Å²) in [5.41, 5.74) is 8.86. The van der Waals surface area contributed by atoms with Gasteiger partial charge in [0.25, 0.3) is 0 Å². The molecular weight excluding hydrogens is 258 g/mol. The van der Waals surface area contributed by atoms with Crippen molar-refractivity contribution >= 4 is 11.6 Å². The molecule has 104 valence electrons. The third-order valence-corrected chi connectivity index (χ3v) is 5.40. The monoisotopic (exact) mass is 279 g/mol. The molecule has 0 aromatic heterocycles. The predicted molar refractivity (Wildman–Crippen MR) is 78.4 cm³/mol. The summed E-state index contributed by atoms with van der Waals surface area (Å²) in [7, 11) is 0. The largest absolute Gasteiger partial charge is 0.375 e. The van der Waals surface area contributed by atoms with Crippen LogP contribution in [0, 0.1) is 12.8 Å². The van der Waals surface area contributed by atoms with Gasteiger partial charge in [-0.3, -0.25) is 0 Å². The lowest BCUT2D eigenvalue weighted by Crippen LogP contribution is -2.47. The van der Waals surface area contributed by atoms with Crippen LogP contribution in [0.15, 0.2) is 18.2 Å². The minimum Gasteiger partial charge on any atom is -0.375 e. The molecule has 2 fully saturated rings. The Hall–Kier alpha value is -0.570. The zero-order chi connectivity index (χ0) is 13.5. The number of benzene rings is 1. The van der Waals surface area contributed by atoms with E-state index in [9.17, 15) is 0 Å². The summed E-state index contributed by atoms with van der Waals surface area (Å²) in [6, 6.07) is 6.20. The minimum atomic E-state index is 0.0359. The molecule has 2 aliphatic rings. The number of aryl methyl sites for hydroxylation is 1. The maximum Gasteiger partial charge on any atom is 0.0686 e. The highest BCUT2D eigenvalue weighted by atomic mass is 35.5. The highest BCUT2D eigenvalue weighted by Crippen LogP contribution is 2.47. The molecule has 1 saturated carbocycles. The van der Waals surface area contributed by atoms with Gasteiger partial charge in [-0.15, -0.1) is 0 Å². The fraction of sp³-hybridized carbons (Fsp3) is 0.625. The topological polar surface area (TPSA) is 35.2 Å². The van der Waals surface area contributed by atoms with Gasteiger partial charge in [0.15, 0.2) is 0 Å². The Kier molecular flexibility index (Phi) is 3.59. The highest BCUT2D eigenvalue weighted by molar-refractivity contribution is 6.32. The van der Waals surface area contributed by atoms with Gasteiger partial charge in [0.2, 0.25) is 0 Å². The molecule has 0 bridgehead atoms. The van der Waals surface area contributed by atoms with Crippen molar-refractivity contribution in [2.45, 2.75) is 50.7 Å². The molecule has 3 rings (SSSR count). The average Bonchev–Trinajstić information content (AvgIpc) is 2.39. The summed E-state index contributed by atoms with van der Waals surface area (Å²) in [6.45, 7) is 2.89. The van der Waals surface area contributed by atoms with Crippen molar-refractivity contribution in [2.75, 3.05) is 6.61 Å². The molecule has 2 unspecified atom stereocenters. The van der Waals surface area contributed by atoms with E-state index in [0.717, 1.165) is 35.6 Å². The van der Waals surface area contributed by atoms with Gasteiger partial charge >= 0.3 is 0 Å². The van der Waals surface area contributed by atoms with Crippen LogP contribution in [0.25, 0.3) is 0 Å². The lowest BCUT2D eigenvalue weighted by atomic mass is 9.70. The Balaban J connectivity index is 1.79. The van der Waals surface area contributed by atoms with Crippen molar-refractivity contribution in [3.05, 3.63) is 34.3 Å². The number of hydrogen-bond acceptors (Lipinski definition) is 2. The van der Waals surface area contributed by atoms with E-state index < -0.39 is 0 Å². The van der Waals surface area contributed by atoms with Crippen LogP contribution >= 0.6 is 11.6 Å². The molecule has 2 atom stereocenters. The second kappa shape index (κ2) is 5.08. The van der Waals surface area contributed by atoms with Gasteiger partial charge in [0.1, 0.15) is 0 Å². The summed E-state index contributed by atoms with van der Waals surface area (Å²) in [5.74, 6) is 0.494. The molecule has 1 heterocycles. The number of nitrogens with two attached hydrogens (primary N) is 1. The summed E-state index contributed by atoms with van der Waals surface area (Å²) < 4.78 is 5.98. The molecule has 1 spiro atoms. The SMILES string of the molecule is Cc1cccc(C(N)C2CCOC3(CCC3)C2)c1Cl. The van der Waals surface area contributed by atoms with E-state index in [2.05, 4.69) is 12.1 Å². The second-order valence-corrected chi connectivity index (χ2v) is 6.52. The quantitative estimate of drug-likeness (QED) is 0.888. The van der Waals surface area contributed by atoms with E-state index in [1.54, 1.807) is 0 Å². The molecule has 2 nitrogen and oxygen atoms in total. The van der Waals surface area contributed by atoms with Gasteiger partial charge in [0.05, 0.1) is 5.60 Å². The van der Waals surface area contributed by atoms with Gasteiger partial charge < -0.3 is 10.5 Å². The molecule has 0 radical (unpaired) electrons. The first-order valence-corrected chi connectivity index (χ1v) is 7.64. The lowest BCUT2D eigenvalue weighted by Gasteiger charge is -2.48. The highest BCUT2D eigenvalue weighted by Gasteiger charge is 2.44. The van der Waals surface area contributed by atoms with E-state index in [0.29, 0.717) is 5.92 Å². The number of ether oxygens (including phenoxy) is 1. The molecule has 1 saturated heterocycles. The maximum atomic E-state index is 6.50. The summed E-state index contributed by atoms with van der Waals surface area (Å²) in [4.78, 5) is 0. The lowest BCUT2D eigenvalue weighted by molar-refractivity contribution is -0.146. The Morgan fingerprint density at radius 3 is 2.89 bits per heavy atom. The van der Waals surface area contributed by atoms with Gasteiger partial charge in [-0.1, -0.05) is 29.8 Å². The Morgan fingerprint density at radius 1 is 1.42 bits per heavy atom. The summed E-state index contributed by atoms with van der Waals surface area (Å²) in [5, 5.41) is 0.837. The number of halogens is 1. The maximum absolute atomic E-state index is 6.50. The Morgan fingerprint density at radius 2 is 2.21 bits per heavy atom. The van der Waals surface area contributed by atoms with Crippen LogP contribution in [0.3, 0.4) is 0 Å². The van der Waals surface area contributed by atoms with Crippen molar-refractivity contribution in [1.82, 2.24) is 0 Å². The van der Waals surface area contributed by atoms with Crippen LogP contribution in [0.4, 0.5) is 0 Å². The normalized spacial score (nSPS) is 27.0. The average molecular weight is 280 g/mol. The van der Waals surface area contributed by atoms with Crippen molar-refractivity contribution in [2.24, 2.45) is 11.7 Å². The fourth-order valence-electron chi connectivity index (χ4n) is 3.47. The van der Waals surface area contributed by atoms with E-state index in [1.165, 1.54) is 19.3 Å². The van der Waals surface area contributed by atoms with Crippen molar-refractivity contribution in [3.8, 4) is 0 Å². The van der Waals surface area contributed by atoms with Crippen molar-refractivity contribution < 1.29 is 4.74 Å². The van der Waals surface area contributed by atoms with Crippen molar-refractivity contribution in [1.29, 1.82) is 0 Å². The predicted octanol–water partition coefficient (Wildman–Crippen LogP) is 4.00. The number of rotatable bonds is 2. The second-order valence-electron chi connectivity index (χ2n) is 6.14. The molecule has 3 heteroatoms. The van der Waals surface area contributed by atoms with E-state index >= 15 is 0 Å². The van der Waals surface area contributed by atoms with Crippen LogP contribution in [-0.2, 0) is 4.74 Å². The standard InChI is InChI=1S/C16H22ClNO/c1-11-4-2-5-13(14(11)17)15(18)12-6-9-19-16(10-12)7-3-8-16/h2,4-5,12,15H,3,6-10,18H2,1H3. The molecule has 1 aromatic carbocycles. The van der Waals surface area contributed by atoms with Crippen LogP contribution in [0.5, 0.6) is 0 Å². The zero-order valence-corrected chi connectivity index (χ0v) is 12.2. The zero-order valence-electron chi connectivity index (χ0n) is 11.5. The van der Waals surface area contributed by atoms with E-state index in [4.69, 9.17) is 22.1 Å². The van der Waals surface area contributed by atoms with Crippen LogP contribution in [0.1, 0.15) is 49.3 Å². The molecule has 1 aromatic rings. The Labute approximate surface area is 120 Å². The first-order chi connectivity index (χ1) is 9.11. The van der Waals surface area contributed by atoms with Gasteiger partial charge in [-0.25, -0.2) is 0 Å². The fourth-order valence-corrected chi connectivity index (χ4v) is 3.73. The molecular formula is C16H22ClNO. The first-order valence-electron chi connectivity index (χ1n) is 7.26. The van der Waals surface area contributed by atoms with Gasteiger partial charge in [-0.05, 0) is 56.1 Å². The Bertz CT molecular complexity index is 470. The minimum absolute atomic E-state index is 0.0359. The third-order valence-electron chi connectivity index (χ3n) is 4.88.